The number of carbonyl (C=O) groups is 2. The molecule has 1 atom stereocenters. The number of ether oxygens (including phenoxy) is 1. The number of aryl methyl sites for hydroxylation is 1. The van der Waals surface area contributed by atoms with Crippen molar-refractivity contribution in [3.63, 3.8) is 0 Å². The number of hydrogen-bond acceptors (Lipinski definition) is 4. The minimum absolute atomic E-state index is 0.0247. The normalized spacial score (nSPS) is 18.9. The van der Waals surface area contributed by atoms with Crippen LogP contribution in [0, 0.1) is 12.8 Å². The van der Waals surface area contributed by atoms with Crippen molar-refractivity contribution in [3.05, 3.63) is 83.4 Å². The second kappa shape index (κ2) is 11.1. The summed E-state index contributed by atoms with van der Waals surface area (Å²) in [6, 6.07) is 22.8. The molecule has 188 valence electrons. The predicted molar refractivity (Wildman–Crippen MR) is 142 cm³/mol. The zero-order chi connectivity index (χ0) is 24.9. The van der Waals surface area contributed by atoms with E-state index in [1.54, 1.807) is 4.90 Å². The minimum Gasteiger partial charge on any atom is -0.449 e. The van der Waals surface area contributed by atoms with Gasteiger partial charge in [0.2, 0.25) is 0 Å². The van der Waals surface area contributed by atoms with Crippen molar-refractivity contribution in [1.82, 2.24) is 14.7 Å². The molecule has 0 radical (unpaired) electrons. The van der Waals surface area contributed by atoms with Crippen LogP contribution in [-0.2, 0) is 11.3 Å². The van der Waals surface area contributed by atoms with E-state index in [9.17, 15) is 9.59 Å². The first kappa shape index (κ1) is 24.3. The first-order valence-corrected chi connectivity index (χ1v) is 13.0. The van der Waals surface area contributed by atoms with E-state index in [1.165, 1.54) is 16.3 Å². The van der Waals surface area contributed by atoms with E-state index in [2.05, 4.69) is 47.4 Å². The fraction of sp³-hybridized carbons (Fsp3) is 0.400. The van der Waals surface area contributed by atoms with Crippen molar-refractivity contribution in [2.24, 2.45) is 5.92 Å². The third-order valence-corrected chi connectivity index (χ3v) is 7.39. The molecule has 0 aliphatic carbocycles. The Bertz CT molecular complexity index is 1200. The molecular formula is C30H35N3O3. The second-order valence-electron chi connectivity index (χ2n) is 10.1. The van der Waals surface area contributed by atoms with Crippen LogP contribution in [0.1, 0.15) is 34.3 Å². The highest BCUT2D eigenvalue weighted by atomic mass is 16.6. The molecule has 5 rings (SSSR count). The SMILES string of the molecule is Cc1ccc(C(=O)N2CCN(C(=O)OCC3CCCN(Cc4ccc5ccccc5c4)C3)CC2)cc1. The molecule has 3 aromatic carbocycles. The number of likely N-dealkylation sites (tertiary alicyclic amines) is 1. The largest absolute Gasteiger partial charge is 0.449 e. The fourth-order valence-corrected chi connectivity index (χ4v) is 5.28. The molecule has 0 bridgehead atoms. The number of piperidine rings is 1. The Balaban J connectivity index is 1.07. The lowest BCUT2D eigenvalue weighted by atomic mass is 9.98. The summed E-state index contributed by atoms with van der Waals surface area (Å²) in [5.74, 6) is 0.379. The minimum atomic E-state index is -0.260. The van der Waals surface area contributed by atoms with Gasteiger partial charge in [-0.05, 0) is 60.8 Å². The van der Waals surface area contributed by atoms with Crippen LogP contribution in [0.5, 0.6) is 0 Å². The number of piperazine rings is 1. The first-order chi connectivity index (χ1) is 17.5. The van der Waals surface area contributed by atoms with Gasteiger partial charge in [-0.1, -0.05) is 54.1 Å². The van der Waals surface area contributed by atoms with Gasteiger partial charge in [0, 0.05) is 50.7 Å². The summed E-state index contributed by atoms with van der Waals surface area (Å²) in [6.45, 7) is 7.49. The van der Waals surface area contributed by atoms with E-state index < -0.39 is 0 Å². The maximum atomic E-state index is 12.7. The molecule has 0 saturated carbocycles. The summed E-state index contributed by atoms with van der Waals surface area (Å²) in [6.07, 6.45) is 1.94. The Morgan fingerprint density at radius 3 is 2.36 bits per heavy atom. The summed E-state index contributed by atoms with van der Waals surface area (Å²) in [7, 11) is 0. The fourth-order valence-electron chi connectivity index (χ4n) is 5.28. The molecule has 2 heterocycles. The molecule has 2 amide bonds. The average Bonchev–Trinajstić information content (AvgIpc) is 2.92. The van der Waals surface area contributed by atoms with Crippen molar-refractivity contribution in [1.29, 1.82) is 0 Å². The first-order valence-electron chi connectivity index (χ1n) is 13.0. The molecule has 1 unspecified atom stereocenters. The molecule has 0 spiro atoms. The summed E-state index contributed by atoms with van der Waals surface area (Å²) in [5, 5.41) is 2.54. The van der Waals surface area contributed by atoms with Crippen LogP contribution in [-0.4, -0.2) is 72.6 Å². The number of carbonyl (C=O) groups excluding carboxylic acids is 2. The molecule has 36 heavy (non-hydrogen) atoms. The van der Waals surface area contributed by atoms with Gasteiger partial charge < -0.3 is 14.5 Å². The Labute approximate surface area is 213 Å². The molecule has 2 aliphatic rings. The van der Waals surface area contributed by atoms with Gasteiger partial charge in [0.15, 0.2) is 0 Å². The highest BCUT2D eigenvalue weighted by Crippen LogP contribution is 2.22. The van der Waals surface area contributed by atoms with Gasteiger partial charge in [-0.2, -0.15) is 0 Å². The summed E-state index contributed by atoms with van der Waals surface area (Å²) >= 11 is 0. The molecular weight excluding hydrogens is 450 g/mol. The van der Waals surface area contributed by atoms with E-state index >= 15 is 0 Å². The van der Waals surface area contributed by atoms with Crippen LogP contribution in [0.3, 0.4) is 0 Å². The highest BCUT2D eigenvalue weighted by Gasteiger charge is 2.27. The Hall–Kier alpha value is -3.38. The number of rotatable bonds is 5. The van der Waals surface area contributed by atoms with E-state index in [1.807, 2.05) is 36.1 Å². The quantitative estimate of drug-likeness (QED) is 0.513. The van der Waals surface area contributed by atoms with Crippen LogP contribution in [0.15, 0.2) is 66.7 Å². The van der Waals surface area contributed by atoms with E-state index in [0.29, 0.717) is 44.3 Å². The highest BCUT2D eigenvalue weighted by molar-refractivity contribution is 5.94. The number of nitrogens with zero attached hydrogens (tertiary/aromatic N) is 3. The zero-order valence-electron chi connectivity index (χ0n) is 21.1. The number of fused-ring (bicyclic) bond motifs is 1. The van der Waals surface area contributed by atoms with Crippen LogP contribution < -0.4 is 0 Å². The molecule has 0 N–H and O–H groups in total. The van der Waals surface area contributed by atoms with E-state index in [4.69, 9.17) is 4.74 Å². The molecule has 6 heteroatoms. The van der Waals surface area contributed by atoms with E-state index in [0.717, 1.165) is 38.0 Å². The Morgan fingerprint density at radius 2 is 1.58 bits per heavy atom. The molecule has 2 aliphatic heterocycles. The summed E-state index contributed by atoms with van der Waals surface area (Å²) in [5.41, 5.74) is 3.15. The van der Waals surface area contributed by atoms with Crippen LogP contribution in [0.25, 0.3) is 10.8 Å². The van der Waals surface area contributed by atoms with Gasteiger partial charge in [-0.15, -0.1) is 0 Å². The van der Waals surface area contributed by atoms with Crippen molar-refractivity contribution in [2.75, 3.05) is 45.9 Å². The maximum Gasteiger partial charge on any atom is 0.409 e. The van der Waals surface area contributed by atoms with Crippen molar-refractivity contribution in [2.45, 2.75) is 26.3 Å². The van der Waals surface area contributed by atoms with Gasteiger partial charge in [0.25, 0.3) is 5.91 Å². The number of amides is 2. The standard InChI is InChI=1S/C30H35N3O3/c1-23-8-11-27(12-9-23)29(34)32-15-17-33(18-16-32)30(35)36-22-25-5-4-14-31(21-25)20-24-10-13-26-6-2-3-7-28(26)19-24/h2-3,6-13,19,25H,4-5,14-18,20-22H2,1H3. The molecule has 3 aromatic rings. The maximum absolute atomic E-state index is 12.7. The van der Waals surface area contributed by atoms with E-state index in [-0.39, 0.29) is 12.0 Å². The van der Waals surface area contributed by atoms with Gasteiger partial charge in [-0.25, -0.2) is 4.79 Å². The number of benzene rings is 3. The van der Waals surface area contributed by atoms with Gasteiger partial charge in [0.05, 0.1) is 6.61 Å². The third-order valence-electron chi connectivity index (χ3n) is 7.39. The van der Waals surface area contributed by atoms with Crippen molar-refractivity contribution in [3.8, 4) is 0 Å². The van der Waals surface area contributed by atoms with Gasteiger partial charge in [0.1, 0.15) is 0 Å². The van der Waals surface area contributed by atoms with Gasteiger partial charge in [-0.3, -0.25) is 9.69 Å². The van der Waals surface area contributed by atoms with Crippen LogP contribution in [0.2, 0.25) is 0 Å². The Morgan fingerprint density at radius 1 is 0.861 bits per heavy atom. The zero-order valence-corrected chi connectivity index (χ0v) is 21.1. The molecule has 6 nitrogen and oxygen atoms in total. The summed E-state index contributed by atoms with van der Waals surface area (Å²) in [4.78, 5) is 31.5. The van der Waals surface area contributed by atoms with Crippen molar-refractivity contribution < 1.29 is 14.3 Å². The monoisotopic (exact) mass is 485 g/mol. The average molecular weight is 486 g/mol. The topological polar surface area (TPSA) is 53.1 Å². The Kier molecular flexibility index (Phi) is 7.52. The lowest BCUT2D eigenvalue weighted by Crippen LogP contribution is -2.51. The van der Waals surface area contributed by atoms with Crippen molar-refractivity contribution >= 4 is 22.8 Å². The second-order valence-corrected chi connectivity index (χ2v) is 10.1. The third kappa shape index (κ3) is 5.88. The molecule has 2 saturated heterocycles. The van der Waals surface area contributed by atoms with Crippen LogP contribution in [0.4, 0.5) is 4.79 Å². The molecule has 0 aromatic heterocycles. The lowest BCUT2D eigenvalue weighted by Gasteiger charge is -2.35. The lowest BCUT2D eigenvalue weighted by molar-refractivity contribution is 0.0441. The predicted octanol–water partition coefficient (Wildman–Crippen LogP) is 4.95. The van der Waals surface area contributed by atoms with Gasteiger partial charge >= 0.3 is 6.09 Å². The smallest absolute Gasteiger partial charge is 0.409 e. The number of hydrogen-bond donors (Lipinski definition) is 0. The summed E-state index contributed by atoms with van der Waals surface area (Å²) < 4.78 is 5.73. The molecule has 2 fully saturated rings. The van der Waals surface area contributed by atoms with Crippen LogP contribution >= 0.6 is 0 Å².